The Morgan fingerprint density at radius 2 is 1.47 bits per heavy atom. The normalized spacial score (nSPS) is 9.73. The average molecular weight is 337 g/mol. The zero-order chi connectivity index (χ0) is 11.6. The van der Waals surface area contributed by atoms with Crippen molar-refractivity contribution in [1.82, 2.24) is 0 Å². The van der Waals surface area contributed by atoms with Gasteiger partial charge in [0, 0.05) is 23.3 Å². The van der Waals surface area contributed by atoms with Gasteiger partial charge in [0.05, 0.1) is 4.92 Å². The monoisotopic (exact) mass is 335 g/mol. The van der Waals surface area contributed by atoms with Gasteiger partial charge in [-0.3, -0.25) is 19.7 Å². The van der Waals surface area contributed by atoms with Crippen molar-refractivity contribution in [2.24, 2.45) is 0 Å². The summed E-state index contributed by atoms with van der Waals surface area (Å²) < 4.78 is -1.03. The average Bonchev–Trinajstić information content (AvgIpc) is 2.16. The van der Waals surface area contributed by atoms with Gasteiger partial charge in [-0.15, -0.1) is 0 Å². The molecule has 0 saturated carbocycles. The Bertz CT molecular complexity index is 379. The Kier molecular flexibility index (Phi) is 3.70. The quantitative estimate of drug-likeness (QED) is 0.483. The first-order valence-corrected chi connectivity index (χ1v) is 5.19. The van der Waals surface area contributed by atoms with Crippen LogP contribution in [0, 0.1) is 10.1 Å². The molecule has 0 aromatic heterocycles. The molecule has 0 heterocycles. The zero-order valence-corrected chi connectivity index (χ0v) is 10.2. The van der Waals surface area contributed by atoms with Crippen LogP contribution in [0.15, 0.2) is 18.2 Å². The molecule has 0 aliphatic rings. The highest BCUT2D eigenvalue weighted by atomic mass is 79.9. The molecule has 0 unspecified atom stereocenters. The van der Waals surface area contributed by atoms with Crippen molar-refractivity contribution < 1.29 is 14.5 Å². The molecule has 78 valence electrons. The van der Waals surface area contributed by atoms with E-state index >= 15 is 0 Å². The molecule has 0 radical (unpaired) electrons. The van der Waals surface area contributed by atoms with Crippen LogP contribution in [0.2, 0.25) is 0 Å². The van der Waals surface area contributed by atoms with Gasteiger partial charge in [0.25, 0.3) is 5.69 Å². The van der Waals surface area contributed by atoms with Crippen LogP contribution in [-0.2, 0) is 0 Å². The van der Waals surface area contributed by atoms with Gasteiger partial charge >= 0.3 is 0 Å². The van der Waals surface area contributed by atoms with Gasteiger partial charge in [-0.05, 0) is 37.9 Å². The summed E-state index contributed by atoms with van der Waals surface area (Å²) in [6.45, 7) is 0. The third kappa shape index (κ3) is 2.93. The summed E-state index contributed by atoms with van der Waals surface area (Å²) in [6.07, 6.45) is 0. The first kappa shape index (κ1) is 12.0. The van der Waals surface area contributed by atoms with Gasteiger partial charge in [-0.25, -0.2) is 0 Å². The van der Waals surface area contributed by atoms with Crippen molar-refractivity contribution in [2.45, 2.75) is 0 Å². The van der Waals surface area contributed by atoms with Crippen LogP contribution >= 0.6 is 31.9 Å². The molecule has 0 amide bonds. The van der Waals surface area contributed by atoms with Gasteiger partial charge in [0.1, 0.15) is 0 Å². The van der Waals surface area contributed by atoms with Gasteiger partial charge in [0.15, 0.2) is 0 Å². The number of carbonyl (C=O) groups is 2. The molecular weight excluding hydrogens is 334 g/mol. The molecule has 0 fully saturated rings. The van der Waals surface area contributed by atoms with Crippen molar-refractivity contribution in [3.05, 3.63) is 39.4 Å². The SMILES string of the molecule is O=C(Br)c1cc(C(=O)Br)cc([N+](=O)[O-])c1. The molecule has 1 aromatic carbocycles. The summed E-state index contributed by atoms with van der Waals surface area (Å²) in [5, 5.41) is 10.5. The Labute approximate surface area is 101 Å². The summed E-state index contributed by atoms with van der Waals surface area (Å²) >= 11 is 5.32. The molecule has 5 nitrogen and oxygen atoms in total. The number of carbonyl (C=O) groups excluding carboxylic acids is 2. The summed E-state index contributed by atoms with van der Waals surface area (Å²) in [4.78, 5) is 31.8. The molecule has 7 heteroatoms. The van der Waals surface area contributed by atoms with Crippen LogP contribution in [0.5, 0.6) is 0 Å². The van der Waals surface area contributed by atoms with E-state index in [0.717, 1.165) is 12.1 Å². The predicted molar refractivity (Wildman–Crippen MR) is 59.6 cm³/mol. The summed E-state index contributed by atoms with van der Waals surface area (Å²) in [7, 11) is 0. The number of nitro benzene ring substituents is 1. The molecule has 0 aliphatic heterocycles. The maximum absolute atomic E-state index is 11.0. The minimum Gasteiger partial charge on any atom is -0.281 e. The number of hydrogen-bond acceptors (Lipinski definition) is 4. The number of halogens is 2. The van der Waals surface area contributed by atoms with E-state index in [1.165, 1.54) is 6.07 Å². The van der Waals surface area contributed by atoms with Gasteiger partial charge in [-0.1, -0.05) is 0 Å². The molecule has 15 heavy (non-hydrogen) atoms. The maximum atomic E-state index is 11.0. The lowest BCUT2D eigenvalue weighted by Gasteiger charge is -1.98. The van der Waals surface area contributed by atoms with E-state index < -0.39 is 14.3 Å². The first-order valence-electron chi connectivity index (χ1n) is 3.61. The number of hydrogen-bond donors (Lipinski definition) is 0. The summed E-state index contributed by atoms with van der Waals surface area (Å²) in [5.41, 5.74) is -0.179. The van der Waals surface area contributed by atoms with Crippen molar-refractivity contribution in [1.29, 1.82) is 0 Å². The maximum Gasteiger partial charge on any atom is 0.270 e. The van der Waals surface area contributed by atoms with E-state index in [9.17, 15) is 19.7 Å². The Balaban J connectivity index is 3.39. The second kappa shape index (κ2) is 4.63. The molecule has 0 aliphatic carbocycles. The smallest absolute Gasteiger partial charge is 0.270 e. The highest BCUT2D eigenvalue weighted by Gasteiger charge is 2.15. The van der Waals surface area contributed by atoms with Crippen molar-refractivity contribution in [3.8, 4) is 0 Å². The fraction of sp³-hybridized carbons (Fsp3) is 0. The first-order chi connectivity index (χ1) is 6.91. The van der Waals surface area contributed by atoms with E-state index in [2.05, 4.69) is 31.9 Å². The number of rotatable bonds is 3. The van der Waals surface area contributed by atoms with Crippen LogP contribution in [0.3, 0.4) is 0 Å². The van der Waals surface area contributed by atoms with Crippen LogP contribution in [0.4, 0.5) is 5.69 Å². The van der Waals surface area contributed by atoms with E-state index in [1.54, 1.807) is 0 Å². The molecule has 0 saturated heterocycles. The standard InChI is InChI=1S/C8H3Br2NO4/c9-7(12)4-1-5(8(10)13)3-6(2-4)11(14)15/h1-3H. The predicted octanol–water partition coefficient (Wildman–Crippen LogP) is 2.67. The number of nitrogens with zero attached hydrogens (tertiary/aromatic N) is 1. The molecule has 0 N–H and O–H groups in total. The second-order valence-corrected chi connectivity index (χ2v) is 4.01. The highest BCUT2D eigenvalue weighted by molar-refractivity contribution is 9.18. The fourth-order valence-corrected chi connectivity index (χ4v) is 1.40. The second-order valence-electron chi connectivity index (χ2n) is 2.57. The number of nitro groups is 1. The largest absolute Gasteiger partial charge is 0.281 e. The highest BCUT2D eigenvalue weighted by Crippen LogP contribution is 2.20. The van der Waals surface area contributed by atoms with Crippen molar-refractivity contribution >= 4 is 46.9 Å². The van der Waals surface area contributed by atoms with Crippen LogP contribution < -0.4 is 0 Å². The van der Waals surface area contributed by atoms with Crippen LogP contribution in [0.25, 0.3) is 0 Å². The zero-order valence-electron chi connectivity index (χ0n) is 7.07. The number of non-ortho nitro benzene ring substituents is 1. The third-order valence-corrected chi connectivity index (χ3v) is 2.50. The molecule has 0 bridgehead atoms. The van der Waals surface area contributed by atoms with E-state index in [-0.39, 0.29) is 16.8 Å². The van der Waals surface area contributed by atoms with Crippen molar-refractivity contribution in [2.75, 3.05) is 0 Å². The van der Waals surface area contributed by atoms with E-state index in [4.69, 9.17) is 0 Å². The van der Waals surface area contributed by atoms with E-state index in [0.29, 0.717) is 0 Å². The summed E-state index contributed by atoms with van der Waals surface area (Å²) in [5.74, 6) is 0. The summed E-state index contributed by atoms with van der Waals surface area (Å²) in [6, 6.07) is 3.45. The van der Waals surface area contributed by atoms with Crippen LogP contribution in [0.1, 0.15) is 20.7 Å². The van der Waals surface area contributed by atoms with Crippen molar-refractivity contribution in [3.63, 3.8) is 0 Å². The van der Waals surface area contributed by atoms with Gasteiger partial charge in [-0.2, -0.15) is 0 Å². The third-order valence-electron chi connectivity index (χ3n) is 1.58. The Morgan fingerprint density at radius 1 is 1.07 bits per heavy atom. The topological polar surface area (TPSA) is 77.3 Å². The fourth-order valence-electron chi connectivity index (χ4n) is 0.944. The molecular formula is C8H3Br2NO4. The molecule has 1 aromatic rings. The minimum absolute atomic E-state index is 0.0620. The Morgan fingerprint density at radius 3 is 1.73 bits per heavy atom. The minimum atomic E-state index is -0.668. The van der Waals surface area contributed by atoms with Gasteiger partial charge in [0.2, 0.25) is 9.39 Å². The van der Waals surface area contributed by atoms with E-state index in [1.807, 2.05) is 0 Å². The lowest BCUT2D eigenvalue weighted by molar-refractivity contribution is -0.384. The lowest BCUT2D eigenvalue weighted by Crippen LogP contribution is -1.98. The lowest BCUT2D eigenvalue weighted by atomic mass is 10.1. The van der Waals surface area contributed by atoms with Gasteiger partial charge < -0.3 is 0 Å². The molecule has 0 atom stereocenters. The molecule has 0 spiro atoms. The number of benzene rings is 1. The van der Waals surface area contributed by atoms with Crippen LogP contribution in [-0.4, -0.2) is 14.3 Å². The molecule has 1 rings (SSSR count). The Hall–Kier alpha value is -1.08.